The molecule has 1 aromatic carbocycles. The van der Waals surface area contributed by atoms with Gasteiger partial charge in [-0.2, -0.15) is 4.31 Å². The zero-order valence-corrected chi connectivity index (χ0v) is 14.9. The zero-order valence-electron chi connectivity index (χ0n) is 13.3. The molecule has 0 fully saturated rings. The lowest BCUT2D eigenvalue weighted by Crippen LogP contribution is -2.30. The highest BCUT2D eigenvalue weighted by molar-refractivity contribution is 7.89. The van der Waals surface area contributed by atoms with Gasteiger partial charge in [-0.25, -0.2) is 13.2 Å². The van der Waals surface area contributed by atoms with Crippen molar-refractivity contribution in [3.8, 4) is 5.75 Å². The van der Waals surface area contributed by atoms with Gasteiger partial charge in [0.15, 0.2) is 6.10 Å². The molecule has 1 aliphatic heterocycles. The largest absolute Gasteiger partial charge is 0.477 e. The third kappa shape index (κ3) is 3.46. The van der Waals surface area contributed by atoms with Crippen molar-refractivity contribution >= 4 is 27.6 Å². The van der Waals surface area contributed by atoms with Gasteiger partial charge in [0, 0.05) is 25.1 Å². The summed E-state index contributed by atoms with van der Waals surface area (Å²) in [5.41, 5.74) is 0.598. The highest BCUT2D eigenvalue weighted by Crippen LogP contribution is 2.38. The Labute approximate surface area is 141 Å². The summed E-state index contributed by atoms with van der Waals surface area (Å²) >= 11 is 6.16. The van der Waals surface area contributed by atoms with Gasteiger partial charge in [-0.1, -0.05) is 25.4 Å². The van der Waals surface area contributed by atoms with Crippen LogP contribution in [0.25, 0.3) is 0 Å². The summed E-state index contributed by atoms with van der Waals surface area (Å²) in [6.45, 7) is 6.25. The molecule has 0 saturated heterocycles. The van der Waals surface area contributed by atoms with Crippen LogP contribution in [0.1, 0.15) is 26.3 Å². The van der Waals surface area contributed by atoms with Crippen LogP contribution in [0.3, 0.4) is 0 Å². The summed E-state index contributed by atoms with van der Waals surface area (Å²) in [6, 6.07) is 2.88. The molecule has 1 aromatic rings. The Hall–Kier alpha value is -1.31. The van der Waals surface area contributed by atoms with Gasteiger partial charge < -0.3 is 9.47 Å². The predicted molar refractivity (Wildman–Crippen MR) is 86.3 cm³/mol. The Kier molecular flexibility index (Phi) is 5.54. The molecule has 1 aliphatic rings. The highest BCUT2D eigenvalue weighted by atomic mass is 35.5. The Morgan fingerprint density at radius 2 is 2.00 bits per heavy atom. The first-order valence-corrected chi connectivity index (χ1v) is 9.32. The van der Waals surface area contributed by atoms with Crippen molar-refractivity contribution in [1.29, 1.82) is 0 Å². The van der Waals surface area contributed by atoms with E-state index in [9.17, 15) is 13.2 Å². The second-order valence-electron chi connectivity index (χ2n) is 5.05. The SMILES string of the molecule is CCOC(=O)C1Cc2cc(S(=O)(=O)N(CC)CC)cc(Cl)c2O1. The number of ether oxygens (including phenoxy) is 2. The molecule has 1 heterocycles. The van der Waals surface area contributed by atoms with Crippen molar-refractivity contribution in [2.24, 2.45) is 0 Å². The van der Waals surface area contributed by atoms with Gasteiger partial charge in [-0.05, 0) is 19.1 Å². The lowest BCUT2D eigenvalue weighted by molar-refractivity contribution is -0.150. The van der Waals surface area contributed by atoms with Crippen molar-refractivity contribution in [3.63, 3.8) is 0 Å². The van der Waals surface area contributed by atoms with E-state index in [2.05, 4.69) is 0 Å². The van der Waals surface area contributed by atoms with E-state index in [1.165, 1.54) is 16.4 Å². The maximum Gasteiger partial charge on any atom is 0.347 e. The lowest BCUT2D eigenvalue weighted by Gasteiger charge is -2.19. The molecule has 0 radical (unpaired) electrons. The molecule has 6 nitrogen and oxygen atoms in total. The monoisotopic (exact) mass is 361 g/mol. The molecule has 8 heteroatoms. The minimum Gasteiger partial charge on any atom is -0.477 e. The quantitative estimate of drug-likeness (QED) is 0.726. The molecule has 2 rings (SSSR count). The third-order valence-electron chi connectivity index (χ3n) is 3.65. The molecular weight excluding hydrogens is 342 g/mol. The standard InChI is InChI=1S/C15H20ClNO5S/c1-4-17(5-2)23(19,20)11-7-10-8-13(15(18)21-6-3)22-14(10)12(16)9-11/h7,9,13H,4-6,8H2,1-3H3. The minimum absolute atomic E-state index is 0.109. The van der Waals surface area contributed by atoms with Crippen molar-refractivity contribution in [1.82, 2.24) is 4.31 Å². The fraction of sp³-hybridized carbons (Fsp3) is 0.533. The Balaban J connectivity index is 2.36. The van der Waals surface area contributed by atoms with Crippen LogP contribution >= 0.6 is 11.6 Å². The number of benzene rings is 1. The third-order valence-corrected chi connectivity index (χ3v) is 5.96. The summed E-state index contributed by atoms with van der Waals surface area (Å²) in [5.74, 6) is -0.129. The van der Waals surface area contributed by atoms with Crippen LogP contribution in [0.15, 0.2) is 17.0 Å². The van der Waals surface area contributed by atoms with E-state index >= 15 is 0 Å². The molecule has 0 aromatic heterocycles. The fourth-order valence-electron chi connectivity index (χ4n) is 2.52. The molecule has 0 aliphatic carbocycles. The van der Waals surface area contributed by atoms with Gasteiger partial charge >= 0.3 is 5.97 Å². The predicted octanol–water partition coefficient (Wildman–Crippen LogP) is 2.24. The van der Waals surface area contributed by atoms with E-state index < -0.39 is 22.1 Å². The second-order valence-corrected chi connectivity index (χ2v) is 7.39. The van der Waals surface area contributed by atoms with Gasteiger partial charge in [0.1, 0.15) is 5.75 Å². The lowest BCUT2D eigenvalue weighted by atomic mass is 10.1. The van der Waals surface area contributed by atoms with Crippen molar-refractivity contribution < 1.29 is 22.7 Å². The maximum absolute atomic E-state index is 12.6. The van der Waals surface area contributed by atoms with Gasteiger partial charge in [0.2, 0.25) is 10.0 Å². The molecule has 1 atom stereocenters. The van der Waals surface area contributed by atoms with Crippen molar-refractivity contribution in [2.45, 2.75) is 38.2 Å². The molecule has 23 heavy (non-hydrogen) atoms. The Morgan fingerprint density at radius 3 is 2.57 bits per heavy atom. The van der Waals surface area contributed by atoms with Crippen LogP contribution in [-0.4, -0.2) is 44.5 Å². The van der Waals surface area contributed by atoms with Crippen LogP contribution in [0.4, 0.5) is 0 Å². The zero-order chi connectivity index (χ0) is 17.2. The topological polar surface area (TPSA) is 72.9 Å². The number of hydrogen-bond donors (Lipinski definition) is 0. The fourth-order valence-corrected chi connectivity index (χ4v) is 4.40. The number of carbonyl (C=O) groups excluding carboxylic acids is 1. The van der Waals surface area contributed by atoms with E-state index in [1.54, 1.807) is 20.8 Å². The summed E-state index contributed by atoms with van der Waals surface area (Å²) < 4.78 is 37.0. The van der Waals surface area contributed by atoms with Gasteiger partial charge in [-0.3, -0.25) is 0 Å². The van der Waals surface area contributed by atoms with Crippen LogP contribution in [0, 0.1) is 0 Å². The van der Waals surface area contributed by atoms with Gasteiger partial charge in [0.25, 0.3) is 0 Å². The molecule has 0 bridgehead atoms. The van der Waals surface area contributed by atoms with E-state index in [1.807, 2.05) is 0 Å². The van der Waals surface area contributed by atoms with Crippen LogP contribution in [-0.2, 0) is 26.0 Å². The Bertz CT molecular complexity index is 700. The number of sulfonamides is 1. The molecular formula is C15H20ClNO5S. The van der Waals surface area contributed by atoms with Crippen LogP contribution < -0.4 is 4.74 Å². The number of rotatable bonds is 6. The number of halogens is 1. The average Bonchev–Trinajstić information content (AvgIpc) is 2.93. The highest BCUT2D eigenvalue weighted by Gasteiger charge is 2.34. The first kappa shape index (κ1) is 18.0. The van der Waals surface area contributed by atoms with Crippen LogP contribution in [0.5, 0.6) is 5.75 Å². The molecule has 0 N–H and O–H groups in total. The smallest absolute Gasteiger partial charge is 0.347 e. The van der Waals surface area contributed by atoms with Crippen molar-refractivity contribution in [2.75, 3.05) is 19.7 Å². The summed E-state index contributed by atoms with van der Waals surface area (Å²) in [5, 5.41) is 0.181. The molecule has 0 saturated carbocycles. The molecule has 0 spiro atoms. The normalized spacial score (nSPS) is 17.0. The minimum atomic E-state index is -3.62. The molecule has 0 amide bonds. The van der Waals surface area contributed by atoms with Gasteiger partial charge in [0.05, 0.1) is 16.5 Å². The van der Waals surface area contributed by atoms with E-state index in [0.29, 0.717) is 24.4 Å². The molecule has 1 unspecified atom stereocenters. The first-order valence-electron chi connectivity index (χ1n) is 7.50. The average molecular weight is 362 g/mol. The summed E-state index contributed by atoms with van der Waals surface area (Å²) in [6.07, 6.45) is -0.538. The number of esters is 1. The number of fused-ring (bicyclic) bond motifs is 1. The van der Waals surface area contributed by atoms with E-state index in [0.717, 1.165) is 0 Å². The Morgan fingerprint density at radius 1 is 1.35 bits per heavy atom. The van der Waals surface area contributed by atoms with Gasteiger partial charge in [-0.15, -0.1) is 0 Å². The van der Waals surface area contributed by atoms with E-state index in [-0.39, 0.29) is 22.9 Å². The number of carbonyl (C=O) groups is 1. The van der Waals surface area contributed by atoms with E-state index in [4.69, 9.17) is 21.1 Å². The maximum atomic E-state index is 12.6. The number of nitrogens with zero attached hydrogens (tertiary/aromatic N) is 1. The van der Waals surface area contributed by atoms with Crippen molar-refractivity contribution in [3.05, 3.63) is 22.7 Å². The first-order chi connectivity index (χ1) is 10.8. The number of hydrogen-bond acceptors (Lipinski definition) is 5. The second kappa shape index (κ2) is 7.07. The van der Waals surface area contributed by atoms with Crippen LogP contribution in [0.2, 0.25) is 5.02 Å². The summed E-state index contributed by atoms with van der Waals surface area (Å²) in [4.78, 5) is 11.9. The molecule has 128 valence electrons. The summed E-state index contributed by atoms with van der Waals surface area (Å²) in [7, 11) is -3.62.